The maximum Gasteiger partial charge on any atom is 0.293 e. The molecule has 0 bridgehead atoms. The molecule has 2 amide bonds. The topological polar surface area (TPSA) is 55.8 Å². The number of rotatable bonds is 6. The zero-order valence-corrected chi connectivity index (χ0v) is 19.2. The normalized spacial score (nSPS) is 15.5. The number of carbonyl (C=O) groups excluding carboxylic acids is 2. The van der Waals surface area contributed by atoms with E-state index in [-0.39, 0.29) is 17.2 Å². The number of ether oxygens (including phenoxy) is 2. The van der Waals surface area contributed by atoms with Crippen LogP contribution in [0.15, 0.2) is 45.8 Å². The summed E-state index contributed by atoms with van der Waals surface area (Å²) < 4.78 is 12.3. The van der Waals surface area contributed by atoms with E-state index in [1.807, 2.05) is 24.3 Å². The first kappa shape index (κ1) is 21.7. The number of hydrogen-bond donors (Lipinski definition) is 0. The van der Waals surface area contributed by atoms with E-state index in [1.165, 1.54) is 12.0 Å². The van der Waals surface area contributed by atoms with Crippen molar-refractivity contribution in [2.75, 3.05) is 7.11 Å². The fourth-order valence-electron chi connectivity index (χ4n) is 2.78. The summed E-state index contributed by atoms with van der Waals surface area (Å²) in [5.41, 5.74) is 1.63. The molecule has 1 fully saturated rings. The number of halogens is 2. The van der Waals surface area contributed by atoms with Gasteiger partial charge in [-0.15, -0.1) is 0 Å². The molecule has 0 unspecified atom stereocenters. The molecule has 0 radical (unpaired) electrons. The van der Waals surface area contributed by atoms with Gasteiger partial charge in [-0.1, -0.05) is 39.7 Å². The smallest absolute Gasteiger partial charge is 0.293 e. The fourth-order valence-corrected chi connectivity index (χ4v) is 4.27. The highest BCUT2D eigenvalue weighted by molar-refractivity contribution is 9.10. The minimum Gasteiger partial charge on any atom is -0.493 e. The first-order valence-corrected chi connectivity index (χ1v) is 10.8. The van der Waals surface area contributed by atoms with E-state index >= 15 is 0 Å². The Morgan fingerprint density at radius 1 is 1.21 bits per heavy atom. The second kappa shape index (κ2) is 9.24. The molecule has 2 aromatic rings. The van der Waals surface area contributed by atoms with Crippen LogP contribution in [-0.4, -0.2) is 29.2 Å². The van der Waals surface area contributed by atoms with Crippen molar-refractivity contribution in [2.45, 2.75) is 26.5 Å². The summed E-state index contributed by atoms with van der Waals surface area (Å²) >= 11 is 10.7. The third kappa shape index (κ3) is 4.97. The van der Waals surface area contributed by atoms with Crippen molar-refractivity contribution < 1.29 is 19.1 Å². The number of imide groups is 1. The molecule has 8 heteroatoms. The maximum atomic E-state index is 12.5. The largest absolute Gasteiger partial charge is 0.493 e. The van der Waals surface area contributed by atoms with Crippen LogP contribution in [0.2, 0.25) is 5.02 Å². The van der Waals surface area contributed by atoms with Gasteiger partial charge in [-0.05, 0) is 67.1 Å². The zero-order chi connectivity index (χ0) is 21.1. The molecule has 0 saturated carbocycles. The molecule has 0 atom stereocenters. The van der Waals surface area contributed by atoms with Gasteiger partial charge < -0.3 is 9.47 Å². The number of benzene rings is 2. The lowest BCUT2D eigenvalue weighted by atomic mass is 10.1. The van der Waals surface area contributed by atoms with Gasteiger partial charge in [0.15, 0.2) is 11.5 Å². The highest BCUT2D eigenvalue weighted by Gasteiger charge is 2.36. The predicted octanol–water partition coefficient (Wildman–Crippen LogP) is 6.13. The Labute approximate surface area is 187 Å². The monoisotopic (exact) mass is 495 g/mol. The predicted molar refractivity (Wildman–Crippen MR) is 119 cm³/mol. The van der Waals surface area contributed by atoms with Gasteiger partial charge in [-0.2, -0.15) is 0 Å². The van der Waals surface area contributed by atoms with E-state index in [0.29, 0.717) is 33.6 Å². The second-order valence-electron chi connectivity index (χ2n) is 6.59. The SMILES string of the molecule is COc1cc(/C=C2/SC(=O)N(C(C)C)C2=O)cc(Cl)c1OCc1ccc(Br)cc1. The fraction of sp³-hybridized carbons (Fsp3) is 0.238. The summed E-state index contributed by atoms with van der Waals surface area (Å²) in [7, 11) is 1.52. The summed E-state index contributed by atoms with van der Waals surface area (Å²) in [5, 5.41) is 0.0829. The van der Waals surface area contributed by atoms with Gasteiger partial charge in [0.05, 0.1) is 17.0 Å². The maximum absolute atomic E-state index is 12.5. The van der Waals surface area contributed by atoms with Crippen molar-refractivity contribution >= 4 is 56.5 Å². The standard InChI is InChI=1S/C21H19BrClNO4S/c1-12(2)24-20(25)18(29-21(24)26)10-14-8-16(23)19(17(9-14)27-3)28-11-13-4-6-15(22)7-5-13/h4-10,12H,11H2,1-3H3/b18-10+. The summed E-state index contributed by atoms with van der Waals surface area (Å²) in [5.74, 6) is 0.564. The van der Waals surface area contributed by atoms with E-state index in [0.717, 1.165) is 21.8 Å². The highest BCUT2D eigenvalue weighted by atomic mass is 79.9. The Morgan fingerprint density at radius 2 is 1.90 bits per heavy atom. The van der Waals surface area contributed by atoms with Crippen LogP contribution in [0.1, 0.15) is 25.0 Å². The van der Waals surface area contributed by atoms with Crippen LogP contribution in [0.25, 0.3) is 6.08 Å². The molecule has 3 rings (SSSR count). The van der Waals surface area contributed by atoms with Crippen LogP contribution in [0, 0.1) is 0 Å². The highest BCUT2D eigenvalue weighted by Crippen LogP contribution is 2.39. The summed E-state index contributed by atoms with van der Waals surface area (Å²) in [6.07, 6.45) is 1.64. The average Bonchev–Trinajstić information content (AvgIpc) is 2.95. The third-order valence-corrected chi connectivity index (χ3v) is 5.88. The van der Waals surface area contributed by atoms with Crippen LogP contribution in [0.4, 0.5) is 4.79 Å². The van der Waals surface area contributed by atoms with E-state index < -0.39 is 0 Å². The van der Waals surface area contributed by atoms with Crippen LogP contribution in [0.5, 0.6) is 11.5 Å². The second-order valence-corrected chi connectivity index (χ2v) is 8.91. The molecule has 0 spiro atoms. The van der Waals surface area contributed by atoms with E-state index in [2.05, 4.69) is 15.9 Å². The molecular weight excluding hydrogens is 478 g/mol. The Bertz CT molecular complexity index is 975. The molecule has 2 aromatic carbocycles. The Kier molecular flexibility index (Phi) is 6.93. The molecule has 0 aliphatic carbocycles. The quantitative estimate of drug-likeness (QED) is 0.450. The molecule has 1 heterocycles. The molecule has 1 aliphatic rings. The summed E-state index contributed by atoms with van der Waals surface area (Å²) in [6.45, 7) is 3.93. The van der Waals surface area contributed by atoms with Crippen LogP contribution in [-0.2, 0) is 11.4 Å². The van der Waals surface area contributed by atoms with Gasteiger partial charge >= 0.3 is 0 Å². The lowest BCUT2D eigenvalue weighted by Gasteiger charge is -2.16. The molecule has 1 aliphatic heterocycles. The van der Waals surface area contributed by atoms with Crippen molar-refractivity contribution in [2.24, 2.45) is 0 Å². The molecule has 152 valence electrons. The van der Waals surface area contributed by atoms with E-state index in [1.54, 1.807) is 32.1 Å². The number of amides is 2. The van der Waals surface area contributed by atoms with E-state index in [4.69, 9.17) is 21.1 Å². The van der Waals surface area contributed by atoms with Crippen molar-refractivity contribution in [1.29, 1.82) is 0 Å². The third-order valence-electron chi connectivity index (χ3n) is 4.19. The lowest BCUT2D eigenvalue weighted by molar-refractivity contribution is -0.123. The van der Waals surface area contributed by atoms with Crippen LogP contribution >= 0.6 is 39.3 Å². The first-order chi connectivity index (χ1) is 13.8. The number of methoxy groups -OCH3 is 1. The molecule has 0 aromatic heterocycles. The molecular formula is C21H19BrClNO4S. The van der Waals surface area contributed by atoms with Crippen molar-refractivity contribution in [3.05, 3.63) is 61.9 Å². The van der Waals surface area contributed by atoms with Gasteiger partial charge in [0.25, 0.3) is 11.1 Å². The molecule has 1 saturated heterocycles. The van der Waals surface area contributed by atoms with Crippen LogP contribution in [0.3, 0.4) is 0 Å². The summed E-state index contributed by atoms with van der Waals surface area (Å²) in [6, 6.07) is 11.0. The minimum atomic E-state index is -0.305. The molecule has 29 heavy (non-hydrogen) atoms. The van der Waals surface area contributed by atoms with Gasteiger partial charge in [-0.3, -0.25) is 14.5 Å². The molecule has 5 nitrogen and oxygen atoms in total. The number of nitrogens with zero attached hydrogens (tertiary/aromatic N) is 1. The van der Waals surface area contributed by atoms with Gasteiger partial charge in [0.2, 0.25) is 0 Å². The number of thioether (sulfide) groups is 1. The van der Waals surface area contributed by atoms with Gasteiger partial charge in [0.1, 0.15) is 6.61 Å². The zero-order valence-electron chi connectivity index (χ0n) is 16.1. The number of carbonyl (C=O) groups is 2. The summed E-state index contributed by atoms with van der Waals surface area (Å²) in [4.78, 5) is 26.1. The van der Waals surface area contributed by atoms with Gasteiger partial charge in [0, 0.05) is 10.5 Å². The van der Waals surface area contributed by atoms with Crippen LogP contribution < -0.4 is 9.47 Å². The minimum absolute atomic E-state index is 0.194. The molecule has 0 N–H and O–H groups in total. The van der Waals surface area contributed by atoms with E-state index in [9.17, 15) is 9.59 Å². The van der Waals surface area contributed by atoms with Crippen molar-refractivity contribution in [3.63, 3.8) is 0 Å². The Balaban J connectivity index is 1.84. The Hall–Kier alpha value is -1.96. The van der Waals surface area contributed by atoms with Crippen molar-refractivity contribution in [1.82, 2.24) is 4.90 Å². The number of hydrogen-bond acceptors (Lipinski definition) is 5. The van der Waals surface area contributed by atoms with Gasteiger partial charge in [-0.25, -0.2) is 0 Å². The Morgan fingerprint density at radius 3 is 2.48 bits per heavy atom. The average molecular weight is 497 g/mol. The van der Waals surface area contributed by atoms with Crippen molar-refractivity contribution in [3.8, 4) is 11.5 Å². The first-order valence-electron chi connectivity index (χ1n) is 8.82. The lowest BCUT2D eigenvalue weighted by Crippen LogP contribution is -2.34.